The number of amides is 2. The van der Waals surface area contributed by atoms with Crippen molar-refractivity contribution in [2.75, 3.05) is 43.1 Å². The fraction of sp³-hybridized carbons (Fsp3) is 0.536. The number of fused-ring (bicyclic) bond motifs is 2. The minimum Gasteiger partial charge on any atom is -0.491 e. The first-order valence-electron chi connectivity index (χ1n) is 13.8. The summed E-state index contributed by atoms with van der Waals surface area (Å²) in [7, 11) is 0. The molecule has 1 saturated heterocycles. The molecular weight excluding hydrogens is 532 g/mol. The number of aryl methyl sites for hydroxylation is 1. The van der Waals surface area contributed by atoms with Crippen molar-refractivity contribution in [2.24, 2.45) is 11.7 Å². The number of rotatable bonds is 9. The van der Waals surface area contributed by atoms with Crippen molar-refractivity contribution >= 4 is 30.1 Å². The van der Waals surface area contributed by atoms with E-state index in [1.807, 2.05) is 0 Å². The van der Waals surface area contributed by atoms with Crippen LogP contribution in [0.5, 0.6) is 11.6 Å². The molecule has 1 aromatic carbocycles. The second kappa shape index (κ2) is 11.9. The number of cyclic esters (lactones) is 1. The SMILES string of the molecule is Cc1cc(OCC2(N)CC2)c(C)c2c1CC(CNCCC1CN(c3cnc4c(n3)NC(=O)CO4)C(=O)O1)C2.O=CO. The van der Waals surface area contributed by atoms with Crippen LogP contribution in [0.25, 0.3) is 0 Å². The third kappa shape index (κ3) is 6.51. The van der Waals surface area contributed by atoms with Gasteiger partial charge in [-0.15, -0.1) is 0 Å². The Hall–Kier alpha value is -3.97. The van der Waals surface area contributed by atoms with Gasteiger partial charge in [0.2, 0.25) is 0 Å². The maximum atomic E-state index is 12.5. The molecule has 0 bridgehead atoms. The van der Waals surface area contributed by atoms with E-state index in [1.54, 1.807) is 0 Å². The Kier molecular flexibility index (Phi) is 8.27. The summed E-state index contributed by atoms with van der Waals surface area (Å²) in [6.07, 6.45) is 5.60. The smallest absolute Gasteiger partial charge is 0.415 e. The molecule has 3 heterocycles. The highest BCUT2D eigenvalue weighted by atomic mass is 16.6. The number of ether oxygens (including phenoxy) is 3. The molecule has 2 aromatic rings. The third-order valence-electron chi connectivity index (χ3n) is 7.95. The Balaban J connectivity index is 0.00000108. The van der Waals surface area contributed by atoms with Gasteiger partial charge in [-0.25, -0.2) is 14.8 Å². The van der Waals surface area contributed by atoms with Gasteiger partial charge in [0, 0.05) is 0 Å². The Morgan fingerprint density at radius 1 is 1.29 bits per heavy atom. The van der Waals surface area contributed by atoms with Gasteiger partial charge in [0.15, 0.2) is 18.2 Å². The zero-order valence-corrected chi connectivity index (χ0v) is 23.3. The maximum absolute atomic E-state index is 12.5. The summed E-state index contributed by atoms with van der Waals surface area (Å²) in [6, 6.07) is 2.17. The highest BCUT2D eigenvalue weighted by Gasteiger charge is 2.39. The number of aromatic nitrogens is 2. The molecule has 6 rings (SSSR count). The largest absolute Gasteiger partial charge is 0.491 e. The van der Waals surface area contributed by atoms with Crippen LogP contribution in [0.2, 0.25) is 0 Å². The van der Waals surface area contributed by atoms with E-state index < -0.39 is 6.09 Å². The van der Waals surface area contributed by atoms with Crippen LogP contribution in [0.4, 0.5) is 16.4 Å². The topological polar surface area (TPSA) is 178 Å². The lowest BCUT2D eigenvalue weighted by atomic mass is 9.99. The predicted octanol–water partition coefficient (Wildman–Crippen LogP) is 1.72. The molecule has 5 N–H and O–H groups in total. The van der Waals surface area contributed by atoms with Gasteiger partial charge in [0.25, 0.3) is 18.3 Å². The monoisotopic (exact) mass is 568 g/mol. The summed E-state index contributed by atoms with van der Waals surface area (Å²) < 4.78 is 16.9. The fourth-order valence-corrected chi connectivity index (χ4v) is 5.45. The number of benzene rings is 1. The summed E-state index contributed by atoms with van der Waals surface area (Å²) >= 11 is 0. The number of hydrogen-bond donors (Lipinski definition) is 4. The maximum Gasteiger partial charge on any atom is 0.415 e. The predicted molar refractivity (Wildman–Crippen MR) is 148 cm³/mol. The normalized spacial score (nSPS) is 21.5. The fourth-order valence-electron chi connectivity index (χ4n) is 5.45. The van der Waals surface area contributed by atoms with Crippen LogP contribution < -0.4 is 30.7 Å². The molecule has 1 aromatic heterocycles. The summed E-state index contributed by atoms with van der Waals surface area (Å²) in [4.78, 5) is 42.3. The number of nitrogens with one attached hydrogen (secondary N) is 2. The van der Waals surface area contributed by atoms with E-state index in [2.05, 4.69) is 40.5 Å². The Morgan fingerprint density at radius 3 is 2.80 bits per heavy atom. The average Bonchev–Trinajstić information content (AvgIpc) is 3.34. The zero-order chi connectivity index (χ0) is 29.1. The first kappa shape index (κ1) is 28.6. The van der Waals surface area contributed by atoms with Crippen LogP contribution in [-0.4, -0.2) is 78.0 Å². The van der Waals surface area contributed by atoms with E-state index >= 15 is 0 Å². The van der Waals surface area contributed by atoms with Gasteiger partial charge in [-0.1, -0.05) is 0 Å². The molecular formula is C28H36N6O7. The molecule has 13 heteroatoms. The van der Waals surface area contributed by atoms with Crippen molar-refractivity contribution < 1.29 is 33.7 Å². The van der Waals surface area contributed by atoms with Crippen molar-refractivity contribution in [3.05, 3.63) is 34.5 Å². The second-order valence-electron chi connectivity index (χ2n) is 11.1. The summed E-state index contributed by atoms with van der Waals surface area (Å²) in [5.41, 5.74) is 11.5. The molecule has 220 valence electrons. The van der Waals surface area contributed by atoms with Crippen molar-refractivity contribution in [3.63, 3.8) is 0 Å². The van der Waals surface area contributed by atoms with Crippen molar-refractivity contribution in [3.8, 4) is 11.6 Å². The number of nitrogens with zero attached hydrogens (tertiary/aromatic N) is 3. The molecule has 13 nitrogen and oxygen atoms in total. The van der Waals surface area contributed by atoms with Gasteiger partial charge in [-0.05, 0) is 93.3 Å². The number of hydrogen-bond acceptors (Lipinski definition) is 10. The van der Waals surface area contributed by atoms with Crippen molar-refractivity contribution in [2.45, 2.75) is 57.6 Å². The Morgan fingerprint density at radius 2 is 2.05 bits per heavy atom. The first-order valence-corrected chi connectivity index (χ1v) is 13.8. The third-order valence-corrected chi connectivity index (χ3v) is 7.95. The summed E-state index contributed by atoms with van der Waals surface area (Å²) in [6.45, 7) is 6.59. The first-order chi connectivity index (χ1) is 19.7. The van der Waals surface area contributed by atoms with Crippen LogP contribution in [0, 0.1) is 19.8 Å². The number of carboxylic acid groups (broad SMARTS) is 1. The quantitative estimate of drug-likeness (QED) is 0.256. The molecule has 0 spiro atoms. The number of carbonyl (C=O) groups is 3. The average molecular weight is 569 g/mol. The molecule has 0 radical (unpaired) electrons. The van der Waals surface area contributed by atoms with E-state index in [9.17, 15) is 9.59 Å². The van der Waals surface area contributed by atoms with Gasteiger partial charge >= 0.3 is 6.09 Å². The standard InChI is InChI=1S/C27H34N6O5.CH2O2/c1-15-7-21(37-14-27(28)4-5-27)16(2)20-9-17(8-19(15)20)10-29-6-3-18-12-33(26(35)38-18)22-11-30-25-24(31-22)32-23(34)13-36-25;2-1-3/h7,11,17-18,29H,3-6,8-10,12-14,28H2,1-2H3,(H,31,32,34);1H,(H,2,3). The highest BCUT2D eigenvalue weighted by molar-refractivity contribution is 5.94. The van der Waals surface area contributed by atoms with Crippen molar-refractivity contribution in [1.29, 1.82) is 0 Å². The van der Waals surface area contributed by atoms with E-state index in [-0.39, 0.29) is 42.3 Å². The molecule has 2 unspecified atom stereocenters. The molecule has 2 atom stereocenters. The van der Waals surface area contributed by atoms with Crippen LogP contribution in [0.15, 0.2) is 12.3 Å². The molecule has 2 fully saturated rings. The Labute approximate surface area is 237 Å². The molecule has 2 amide bonds. The van der Waals surface area contributed by atoms with Crippen LogP contribution in [0.1, 0.15) is 41.5 Å². The molecule has 2 aliphatic heterocycles. The van der Waals surface area contributed by atoms with Crippen LogP contribution in [-0.2, 0) is 27.2 Å². The second-order valence-corrected chi connectivity index (χ2v) is 11.1. The Bertz CT molecular complexity index is 1330. The van der Waals surface area contributed by atoms with Crippen molar-refractivity contribution in [1.82, 2.24) is 15.3 Å². The lowest BCUT2D eigenvalue weighted by molar-refractivity contribution is -0.123. The molecule has 4 aliphatic rings. The summed E-state index contributed by atoms with van der Waals surface area (Å²) in [5.74, 6) is 1.97. The number of nitrogens with two attached hydrogens (primary N) is 1. The van der Waals surface area contributed by atoms with Gasteiger partial charge in [0.1, 0.15) is 18.5 Å². The molecule has 1 saturated carbocycles. The molecule has 2 aliphatic carbocycles. The van der Waals surface area contributed by atoms with Gasteiger partial charge in [0.05, 0.1) is 18.3 Å². The lowest BCUT2D eigenvalue weighted by Gasteiger charge is -2.18. The van der Waals surface area contributed by atoms with Gasteiger partial charge in [-0.2, -0.15) is 0 Å². The van der Waals surface area contributed by atoms with E-state index in [0.29, 0.717) is 31.3 Å². The van der Waals surface area contributed by atoms with E-state index in [0.717, 1.165) is 44.5 Å². The van der Waals surface area contributed by atoms with E-state index in [4.69, 9.17) is 29.8 Å². The highest BCUT2D eigenvalue weighted by Crippen LogP contribution is 2.38. The zero-order valence-electron chi connectivity index (χ0n) is 23.3. The number of carbonyl (C=O) groups excluding carboxylic acids is 2. The lowest BCUT2D eigenvalue weighted by Crippen LogP contribution is -2.30. The number of anilines is 2. The molecule has 41 heavy (non-hydrogen) atoms. The minimum absolute atomic E-state index is 0.0984. The minimum atomic E-state index is -0.468. The summed E-state index contributed by atoms with van der Waals surface area (Å²) in [5, 5.41) is 13.1. The van der Waals surface area contributed by atoms with Gasteiger partial charge in [-0.3, -0.25) is 14.5 Å². The van der Waals surface area contributed by atoms with Crippen LogP contribution in [0.3, 0.4) is 0 Å². The van der Waals surface area contributed by atoms with Crippen LogP contribution >= 0.6 is 0 Å². The van der Waals surface area contributed by atoms with E-state index in [1.165, 1.54) is 33.4 Å². The van der Waals surface area contributed by atoms with Gasteiger partial charge < -0.3 is 35.7 Å².